The van der Waals surface area contributed by atoms with Gasteiger partial charge in [0.05, 0.1) is 17.2 Å². The molecule has 24 heavy (non-hydrogen) atoms. The Kier molecular flexibility index (Phi) is 6.06. The van der Waals surface area contributed by atoms with Crippen molar-refractivity contribution in [2.24, 2.45) is 0 Å². The molecule has 0 fully saturated rings. The highest BCUT2D eigenvalue weighted by atomic mass is 19.4. The van der Waals surface area contributed by atoms with Gasteiger partial charge in [-0.3, -0.25) is 4.79 Å². The normalized spacial score (nSPS) is 11.8. The molecule has 0 radical (unpaired) electrons. The Labute approximate surface area is 133 Å². The number of hydrogen-bond acceptors (Lipinski definition) is 3. The van der Waals surface area contributed by atoms with Crippen molar-refractivity contribution >= 4 is 11.6 Å². The molecule has 0 aliphatic heterocycles. The predicted molar refractivity (Wildman–Crippen MR) is 73.1 cm³/mol. The molecule has 0 aliphatic carbocycles. The number of nitrogens with zero attached hydrogens (tertiary/aromatic N) is 2. The summed E-state index contributed by atoms with van der Waals surface area (Å²) in [7, 11) is 0. The van der Waals surface area contributed by atoms with Crippen molar-refractivity contribution in [2.75, 3.05) is 24.5 Å². The predicted octanol–water partition coefficient (Wildman–Crippen LogP) is 3.08. The summed E-state index contributed by atoms with van der Waals surface area (Å²) in [6, 6.07) is 3.68. The zero-order valence-corrected chi connectivity index (χ0v) is 12.4. The van der Waals surface area contributed by atoms with E-state index in [1.807, 2.05) is 0 Å². The maximum Gasteiger partial charge on any atom is 0.417 e. The lowest BCUT2D eigenvalue weighted by atomic mass is 10.1. The first-order valence-corrected chi connectivity index (χ1v) is 6.61. The van der Waals surface area contributed by atoms with Gasteiger partial charge in [0.15, 0.2) is 0 Å². The summed E-state index contributed by atoms with van der Waals surface area (Å²) in [4.78, 5) is 11.4. The molecule has 1 N–H and O–H groups in total. The Hall–Kier alpha value is -2.44. The molecule has 1 aromatic carbocycles. The number of halogens is 6. The van der Waals surface area contributed by atoms with Crippen LogP contribution in [0, 0.1) is 11.3 Å². The van der Waals surface area contributed by atoms with E-state index < -0.39 is 35.9 Å². The maximum absolute atomic E-state index is 12.9. The average Bonchev–Trinajstić information content (AvgIpc) is 2.43. The molecule has 132 valence electrons. The standard InChI is InChI=1S/C14H13F6N3O/c1-9(24)22-4-5-23(8-13(15,16)17)11-3-2-10(7-21)12(6-11)14(18,19)20/h2-3,6H,4-5,8H2,1H3,(H,22,24). The van der Waals surface area contributed by atoms with Crippen molar-refractivity contribution in [2.45, 2.75) is 19.3 Å². The van der Waals surface area contributed by atoms with Gasteiger partial charge in [-0.05, 0) is 18.2 Å². The molecule has 10 heteroatoms. The van der Waals surface area contributed by atoms with Gasteiger partial charge in [-0.25, -0.2) is 0 Å². The first-order chi connectivity index (χ1) is 10.9. The van der Waals surface area contributed by atoms with E-state index in [-0.39, 0.29) is 18.8 Å². The lowest BCUT2D eigenvalue weighted by Gasteiger charge is -2.27. The Bertz CT molecular complexity index is 633. The van der Waals surface area contributed by atoms with Crippen molar-refractivity contribution < 1.29 is 31.1 Å². The molecule has 1 aromatic rings. The molecule has 1 amide bonds. The van der Waals surface area contributed by atoms with Crippen LogP contribution in [0.1, 0.15) is 18.1 Å². The van der Waals surface area contributed by atoms with Gasteiger partial charge in [-0.1, -0.05) is 0 Å². The summed E-state index contributed by atoms with van der Waals surface area (Å²) in [6.07, 6.45) is -9.52. The number of carbonyl (C=O) groups is 1. The molecule has 0 heterocycles. The first kappa shape index (κ1) is 19.6. The Morgan fingerprint density at radius 3 is 2.33 bits per heavy atom. The highest BCUT2D eigenvalue weighted by Gasteiger charge is 2.35. The number of anilines is 1. The third kappa shape index (κ3) is 5.98. The molecule has 0 atom stereocenters. The lowest BCUT2D eigenvalue weighted by Crippen LogP contribution is -2.39. The van der Waals surface area contributed by atoms with Gasteiger partial charge in [-0.15, -0.1) is 0 Å². The smallest absolute Gasteiger partial charge is 0.361 e. The summed E-state index contributed by atoms with van der Waals surface area (Å²) >= 11 is 0. The monoisotopic (exact) mass is 353 g/mol. The zero-order valence-electron chi connectivity index (χ0n) is 12.4. The number of nitrogens with one attached hydrogen (secondary N) is 1. The molecule has 1 rings (SSSR count). The van der Waals surface area contributed by atoms with E-state index in [2.05, 4.69) is 5.32 Å². The molecule has 0 aliphatic rings. The summed E-state index contributed by atoms with van der Waals surface area (Å²) in [5.74, 6) is -0.474. The van der Waals surface area contributed by atoms with Crippen LogP contribution in [-0.4, -0.2) is 31.7 Å². The van der Waals surface area contributed by atoms with Crippen LogP contribution in [0.2, 0.25) is 0 Å². The second kappa shape index (κ2) is 7.42. The fraction of sp³-hybridized carbons (Fsp3) is 0.429. The quantitative estimate of drug-likeness (QED) is 0.828. The van der Waals surface area contributed by atoms with Crippen molar-refractivity contribution in [1.29, 1.82) is 5.26 Å². The van der Waals surface area contributed by atoms with Crippen LogP contribution in [0.25, 0.3) is 0 Å². The van der Waals surface area contributed by atoms with E-state index in [0.717, 1.165) is 19.1 Å². The third-order valence-corrected chi connectivity index (χ3v) is 2.92. The van der Waals surface area contributed by atoms with Gasteiger partial charge >= 0.3 is 12.4 Å². The summed E-state index contributed by atoms with van der Waals surface area (Å²) in [5, 5.41) is 11.0. The summed E-state index contributed by atoms with van der Waals surface area (Å²) in [6.45, 7) is -0.845. The van der Waals surface area contributed by atoms with Crippen molar-refractivity contribution in [3.8, 4) is 6.07 Å². The molecule has 0 aromatic heterocycles. The Morgan fingerprint density at radius 1 is 1.25 bits per heavy atom. The number of amides is 1. The second-order valence-electron chi connectivity index (χ2n) is 4.86. The molecule has 4 nitrogen and oxygen atoms in total. The highest BCUT2D eigenvalue weighted by Crippen LogP contribution is 2.35. The van der Waals surface area contributed by atoms with Gasteiger partial charge in [0, 0.05) is 25.7 Å². The van der Waals surface area contributed by atoms with Crippen LogP contribution >= 0.6 is 0 Å². The van der Waals surface area contributed by atoms with Crippen LogP contribution in [0.4, 0.5) is 32.0 Å². The largest absolute Gasteiger partial charge is 0.417 e. The fourth-order valence-corrected chi connectivity index (χ4v) is 1.94. The van der Waals surface area contributed by atoms with Crippen molar-refractivity contribution in [1.82, 2.24) is 5.32 Å². The third-order valence-electron chi connectivity index (χ3n) is 2.92. The number of carbonyl (C=O) groups excluding carboxylic acids is 1. The van der Waals surface area contributed by atoms with Crippen molar-refractivity contribution in [3.05, 3.63) is 29.3 Å². The van der Waals surface area contributed by atoms with Gasteiger partial charge in [0.2, 0.25) is 5.91 Å². The van der Waals surface area contributed by atoms with E-state index in [4.69, 9.17) is 5.26 Å². The van der Waals surface area contributed by atoms with E-state index >= 15 is 0 Å². The van der Waals surface area contributed by atoms with E-state index in [1.54, 1.807) is 0 Å². The molecular weight excluding hydrogens is 340 g/mol. The zero-order chi connectivity index (χ0) is 18.5. The number of alkyl halides is 6. The van der Waals surface area contributed by atoms with Gasteiger partial charge in [-0.2, -0.15) is 31.6 Å². The molecule has 0 saturated carbocycles. The minimum absolute atomic E-state index is 0.174. The van der Waals surface area contributed by atoms with E-state index in [1.165, 1.54) is 6.07 Å². The average molecular weight is 353 g/mol. The number of hydrogen-bond donors (Lipinski definition) is 1. The minimum atomic E-state index is -4.87. The van der Waals surface area contributed by atoms with Crippen molar-refractivity contribution in [3.63, 3.8) is 0 Å². The van der Waals surface area contributed by atoms with Gasteiger partial charge in [0.1, 0.15) is 6.54 Å². The van der Waals surface area contributed by atoms with Gasteiger partial charge in [0.25, 0.3) is 0 Å². The fourth-order valence-electron chi connectivity index (χ4n) is 1.94. The first-order valence-electron chi connectivity index (χ1n) is 6.61. The molecule has 0 bridgehead atoms. The Balaban J connectivity index is 3.17. The number of rotatable bonds is 5. The maximum atomic E-state index is 12.9. The topological polar surface area (TPSA) is 56.1 Å². The van der Waals surface area contributed by atoms with E-state index in [9.17, 15) is 31.1 Å². The van der Waals surface area contributed by atoms with Gasteiger partial charge < -0.3 is 10.2 Å². The molecule has 0 saturated heterocycles. The van der Waals surface area contributed by atoms with Crippen LogP contribution in [0.3, 0.4) is 0 Å². The number of nitriles is 1. The van der Waals surface area contributed by atoms with Crippen LogP contribution < -0.4 is 10.2 Å². The van der Waals surface area contributed by atoms with E-state index in [0.29, 0.717) is 11.0 Å². The van der Waals surface area contributed by atoms with Crippen LogP contribution in [0.5, 0.6) is 0 Å². The summed E-state index contributed by atoms with van der Waals surface area (Å²) in [5.41, 5.74) is -2.33. The summed E-state index contributed by atoms with van der Waals surface area (Å²) < 4.78 is 76.7. The van der Waals surface area contributed by atoms with Crippen LogP contribution in [-0.2, 0) is 11.0 Å². The lowest BCUT2D eigenvalue weighted by molar-refractivity contribution is -0.137. The second-order valence-corrected chi connectivity index (χ2v) is 4.86. The SMILES string of the molecule is CC(=O)NCCN(CC(F)(F)F)c1ccc(C#N)c(C(F)(F)F)c1. The highest BCUT2D eigenvalue weighted by molar-refractivity contribution is 5.72. The molecular formula is C14H13F6N3O. The number of benzene rings is 1. The minimum Gasteiger partial charge on any atom is -0.361 e. The molecule has 0 unspecified atom stereocenters. The molecule has 0 spiro atoms. The van der Waals surface area contributed by atoms with Crippen LogP contribution in [0.15, 0.2) is 18.2 Å². The Morgan fingerprint density at radius 2 is 1.88 bits per heavy atom.